The largest absolute Gasteiger partial charge is 0.352 e. The number of anilines is 2. The van der Waals surface area contributed by atoms with Crippen LogP contribution in [0.5, 0.6) is 0 Å². The molecule has 7 nitrogen and oxygen atoms in total. The third-order valence-electron chi connectivity index (χ3n) is 4.58. The molecule has 1 aliphatic rings. The molecule has 0 unspecified atom stereocenters. The minimum atomic E-state index is -0.246. The number of nitrogens with one attached hydrogen (secondary N) is 3. The Bertz CT molecular complexity index is 880. The Hall–Kier alpha value is -2.87. The van der Waals surface area contributed by atoms with Crippen molar-refractivity contribution < 1.29 is 14.4 Å². The minimum absolute atomic E-state index is 0.122. The van der Waals surface area contributed by atoms with Gasteiger partial charge in [-0.25, -0.2) is 4.79 Å². The number of nitrogens with zero attached hydrogens (tertiary/aromatic N) is 1. The minimum Gasteiger partial charge on any atom is -0.352 e. The number of amides is 4. The highest BCUT2D eigenvalue weighted by Crippen LogP contribution is 2.22. The summed E-state index contributed by atoms with van der Waals surface area (Å²) < 4.78 is 0.893. The molecule has 8 heteroatoms. The first kappa shape index (κ1) is 20.9. The molecule has 0 radical (unpaired) electrons. The molecular formula is C21H23BrN4O3. The van der Waals surface area contributed by atoms with Gasteiger partial charge < -0.3 is 20.9 Å². The fraction of sp³-hybridized carbons (Fsp3) is 0.286. The molecular weight excluding hydrogens is 436 g/mol. The van der Waals surface area contributed by atoms with Crippen LogP contribution in [0.2, 0.25) is 0 Å². The molecule has 0 aliphatic carbocycles. The zero-order chi connectivity index (χ0) is 20.6. The van der Waals surface area contributed by atoms with Crippen molar-refractivity contribution in [2.45, 2.75) is 19.3 Å². The van der Waals surface area contributed by atoms with Gasteiger partial charge in [0.05, 0.1) is 11.4 Å². The van der Waals surface area contributed by atoms with Gasteiger partial charge in [0.1, 0.15) is 0 Å². The van der Waals surface area contributed by atoms with Gasteiger partial charge in [-0.15, -0.1) is 0 Å². The lowest BCUT2D eigenvalue weighted by Gasteiger charge is -2.18. The lowest BCUT2D eigenvalue weighted by atomic mass is 10.2. The molecule has 1 heterocycles. The standard InChI is InChI=1S/C21H23BrN4O3/c22-16-9-7-15(8-10-16)20(28)23-12-11-19(27)24-17-5-1-2-6-18(17)25-21(29)26-13-3-4-14-26/h1-2,5-10H,3-4,11-14H2,(H,23,28)(H,24,27)(H,25,29). The Morgan fingerprint density at radius 1 is 0.897 bits per heavy atom. The molecule has 0 saturated carbocycles. The zero-order valence-electron chi connectivity index (χ0n) is 15.9. The first-order valence-electron chi connectivity index (χ1n) is 9.51. The van der Waals surface area contributed by atoms with Crippen LogP contribution in [0.25, 0.3) is 0 Å². The number of urea groups is 1. The fourth-order valence-electron chi connectivity index (χ4n) is 3.02. The molecule has 4 amide bonds. The van der Waals surface area contributed by atoms with E-state index in [-0.39, 0.29) is 30.8 Å². The summed E-state index contributed by atoms with van der Waals surface area (Å²) in [6, 6.07) is 13.9. The van der Waals surface area contributed by atoms with Crippen molar-refractivity contribution in [3.8, 4) is 0 Å². The van der Waals surface area contributed by atoms with Gasteiger partial charge in [-0.1, -0.05) is 28.1 Å². The van der Waals surface area contributed by atoms with E-state index in [9.17, 15) is 14.4 Å². The highest BCUT2D eigenvalue weighted by molar-refractivity contribution is 9.10. The summed E-state index contributed by atoms with van der Waals surface area (Å²) in [5, 5.41) is 8.38. The normalized spacial score (nSPS) is 13.1. The number of hydrogen-bond donors (Lipinski definition) is 3. The molecule has 1 aliphatic heterocycles. The molecule has 0 spiro atoms. The van der Waals surface area contributed by atoms with E-state index in [4.69, 9.17) is 0 Å². The van der Waals surface area contributed by atoms with E-state index in [0.717, 1.165) is 30.4 Å². The Kier molecular flexibility index (Phi) is 7.24. The Morgan fingerprint density at radius 3 is 2.17 bits per heavy atom. The van der Waals surface area contributed by atoms with Crippen LogP contribution in [0.15, 0.2) is 53.0 Å². The molecule has 3 N–H and O–H groups in total. The maximum Gasteiger partial charge on any atom is 0.321 e. The van der Waals surface area contributed by atoms with Crippen molar-refractivity contribution in [2.75, 3.05) is 30.3 Å². The van der Waals surface area contributed by atoms with Crippen LogP contribution >= 0.6 is 15.9 Å². The van der Waals surface area contributed by atoms with Crippen LogP contribution in [-0.4, -0.2) is 42.4 Å². The van der Waals surface area contributed by atoms with Gasteiger partial charge in [-0.3, -0.25) is 9.59 Å². The van der Waals surface area contributed by atoms with Crippen molar-refractivity contribution in [3.05, 3.63) is 58.6 Å². The molecule has 152 valence electrons. The summed E-state index contributed by atoms with van der Waals surface area (Å²) in [4.78, 5) is 38.4. The van der Waals surface area contributed by atoms with E-state index >= 15 is 0 Å². The molecule has 29 heavy (non-hydrogen) atoms. The molecule has 1 fully saturated rings. The lowest BCUT2D eigenvalue weighted by molar-refractivity contribution is -0.116. The van der Waals surface area contributed by atoms with E-state index < -0.39 is 0 Å². The van der Waals surface area contributed by atoms with E-state index in [1.165, 1.54) is 0 Å². The van der Waals surface area contributed by atoms with E-state index in [2.05, 4.69) is 31.9 Å². The lowest BCUT2D eigenvalue weighted by Crippen LogP contribution is -2.32. The van der Waals surface area contributed by atoms with Gasteiger partial charge in [0.2, 0.25) is 5.91 Å². The maximum atomic E-state index is 12.3. The molecule has 0 atom stereocenters. The van der Waals surface area contributed by atoms with Crippen LogP contribution in [0.4, 0.5) is 16.2 Å². The number of carbonyl (C=O) groups is 3. The van der Waals surface area contributed by atoms with Gasteiger partial charge in [0.25, 0.3) is 5.91 Å². The van der Waals surface area contributed by atoms with Gasteiger partial charge in [-0.05, 0) is 49.2 Å². The molecule has 3 rings (SSSR count). The molecule has 2 aromatic carbocycles. The van der Waals surface area contributed by atoms with Crippen molar-refractivity contribution in [1.82, 2.24) is 10.2 Å². The van der Waals surface area contributed by atoms with Crippen molar-refractivity contribution in [3.63, 3.8) is 0 Å². The highest BCUT2D eigenvalue weighted by Gasteiger charge is 2.19. The van der Waals surface area contributed by atoms with Crippen LogP contribution < -0.4 is 16.0 Å². The second-order valence-corrected chi connectivity index (χ2v) is 7.65. The Labute approximate surface area is 178 Å². The van der Waals surface area contributed by atoms with Crippen LogP contribution in [0.1, 0.15) is 29.6 Å². The van der Waals surface area contributed by atoms with Crippen LogP contribution in [0, 0.1) is 0 Å². The van der Waals surface area contributed by atoms with Crippen molar-refractivity contribution >= 4 is 45.2 Å². The monoisotopic (exact) mass is 458 g/mol. The highest BCUT2D eigenvalue weighted by atomic mass is 79.9. The van der Waals surface area contributed by atoms with Crippen molar-refractivity contribution in [2.24, 2.45) is 0 Å². The molecule has 0 bridgehead atoms. The first-order chi connectivity index (χ1) is 14.0. The average molecular weight is 459 g/mol. The topological polar surface area (TPSA) is 90.5 Å². The van der Waals surface area contributed by atoms with E-state index in [1.54, 1.807) is 53.4 Å². The Morgan fingerprint density at radius 2 is 1.52 bits per heavy atom. The third kappa shape index (κ3) is 6.05. The summed E-state index contributed by atoms with van der Waals surface area (Å²) in [7, 11) is 0. The number of halogens is 1. The van der Waals surface area contributed by atoms with Crippen molar-refractivity contribution in [1.29, 1.82) is 0 Å². The predicted octanol–water partition coefficient (Wildman–Crippen LogP) is 3.84. The number of carbonyl (C=O) groups excluding carboxylic acids is 3. The zero-order valence-corrected chi connectivity index (χ0v) is 17.5. The van der Waals surface area contributed by atoms with E-state index in [1.807, 2.05) is 0 Å². The number of likely N-dealkylation sites (tertiary alicyclic amines) is 1. The summed E-state index contributed by atoms with van der Waals surface area (Å²) in [5.41, 5.74) is 1.62. The van der Waals surface area contributed by atoms with Gasteiger partial charge in [0.15, 0.2) is 0 Å². The smallest absolute Gasteiger partial charge is 0.321 e. The molecule has 2 aromatic rings. The first-order valence-corrected chi connectivity index (χ1v) is 10.3. The third-order valence-corrected chi connectivity index (χ3v) is 5.11. The van der Waals surface area contributed by atoms with Gasteiger partial charge >= 0.3 is 6.03 Å². The van der Waals surface area contributed by atoms with Gasteiger partial charge in [-0.2, -0.15) is 0 Å². The maximum absolute atomic E-state index is 12.3. The Balaban J connectivity index is 1.49. The summed E-state index contributed by atoms with van der Waals surface area (Å²) in [6.45, 7) is 1.71. The molecule has 0 aromatic heterocycles. The quantitative estimate of drug-likeness (QED) is 0.613. The average Bonchev–Trinajstić information content (AvgIpc) is 3.25. The second kappa shape index (κ2) is 10.1. The van der Waals surface area contributed by atoms with Crippen LogP contribution in [0.3, 0.4) is 0 Å². The fourth-order valence-corrected chi connectivity index (χ4v) is 3.29. The van der Waals surface area contributed by atoms with Crippen LogP contribution in [-0.2, 0) is 4.79 Å². The van der Waals surface area contributed by atoms with Gasteiger partial charge in [0, 0.05) is 36.1 Å². The summed E-state index contributed by atoms with van der Waals surface area (Å²) in [6.07, 6.45) is 2.15. The SMILES string of the molecule is O=C(CCNC(=O)c1ccc(Br)cc1)Nc1ccccc1NC(=O)N1CCCC1. The number of rotatable bonds is 6. The molecule has 1 saturated heterocycles. The summed E-state index contributed by atoms with van der Waals surface area (Å²) >= 11 is 3.32. The van der Waals surface area contributed by atoms with E-state index in [0.29, 0.717) is 16.9 Å². The second-order valence-electron chi connectivity index (χ2n) is 6.73. The predicted molar refractivity (Wildman–Crippen MR) is 116 cm³/mol. The number of para-hydroxylation sites is 2. The number of benzene rings is 2. The summed E-state index contributed by atoms with van der Waals surface area (Å²) in [5.74, 6) is -0.479. The number of hydrogen-bond acceptors (Lipinski definition) is 3.